The number of aliphatic imine (C=N–C) groups is 1. The zero-order valence-corrected chi connectivity index (χ0v) is 18.1. The van der Waals surface area contributed by atoms with Crippen LogP contribution in [0.2, 0.25) is 0 Å². The molecule has 1 fully saturated rings. The van der Waals surface area contributed by atoms with Crippen LogP contribution in [0.5, 0.6) is 0 Å². The van der Waals surface area contributed by atoms with Crippen LogP contribution in [-0.2, 0) is 0 Å². The number of halogens is 1. The number of hydrogen-bond acceptors (Lipinski definition) is 3. The molecule has 136 valence electrons. The Kier molecular flexibility index (Phi) is 10.8. The predicted molar refractivity (Wildman–Crippen MR) is 117 cm³/mol. The highest BCUT2D eigenvalue weighted by Crippen LogP contribution is 2.21. The van der Waals surface area contributed by atoms with E-state index in [1.54, 1.807) is 0 Å². The van der Waals surface area contributed by atoms with E-state index in [2.05, 4.69) is 64.8 Å². The van der Waals surface area contributed by atoms with Gasteiger partial charge in [-0.1, -0.05) is 25.1 Å². The Labute approximate surface area is 168 Å². The van der Waals surface area contributed by atoms with Crippen LogP contribution in [0.3, 0.4) is 0 Å². The van der Waals surface area contributed by atoms with E-state index in [-0.39, 0.29) is 24.0 Å². The molecular formula is C18H31IN4S. The van der Waals surface area contributed by atoms with Crippen LogP contribution < -0.4 is 10.6 Å². The lowest BCUT2D eigenvalue weighted by atomic mass is 9.99. The van der Waals surface area contributed by atoms with E-state index in [0.29, 0.717) is 5.25 Å². The van der Waals surface area contributed by atoms with Crippen molar-refractivity contribution in [3.05, 3.63) is 30.3 Å². The highest BCUT2D eigenvalue weighted by Gasteiger charge is 2.17. The first kappa shape index (κ1) is 21.6. The third kappa shape index (κ3) is 8.07. The minimum absolute atomic E-state index is 0. The second kappa shape index (κ2) is 12.0. The fraction of sp³-hybridized carbons (Fsp3) is 0.611. The SMILES string of the molecule is CN=C(NCC1CCCN(C)C1)NCC(C)Sc1ccccc1.I. The van der Waals surface area contributed by atoms with Crippen molar-refractivity contribution >= 4 is 41.7 Å². The van der Waals surface area contributed by atoms with Crippen molar-refractivity contribution in [2.45, 2.75) is 29.9 Å². The van der Waals surface area contributed by atoms with Gasteiger partial charge in [-0.2, -0.15) is 0 Å². The number of piperidine rings is 1. The van der Waals surface area contributed by atoms with Gasteiger partial charge in [0, 0.05) is 36.8 Å². The summed E-state index contributed by atoms with van der Waals surface area (Å²) in [4.78, 5) is 8.08. The van der Waals surface area contributed by atoms with Gasteiger partial charge in [0.25, 0.3) is 0 Å². The molecule has 6 heteroatoms. The average molecular weight is 462 g/mol. The fourth-order valence-electron chi connectivity index (χ4n) is 2.91. The summed E-state index contributed by atoms with van der Waals surface area (Å²) in [5, 5.41) is 7.42. The van der Waals surface area contributed by atoms with Crippen LogP contribution in [0.1, 0.15) is 19.8 Å². The van der Waals surface area contributed by atoms with E-state index < -0.39 is 0 Å². The molecule has 2 N–H and O–H groups in total. The number of thioether (sulfide) groups is 1. The molecule has 2 atom stereocenters. The van der Waals surface area contributed by atoms with Crippen LogP contribution in [-0.4, -0.2) is 56.4 Å². The summed E-state index contributed by atoms with van der Waals surface area (Å²) in [7, 11) is 4.05. The first-order valence-corrected chi connectivity index (χ1v) is 9.40. The quantitative estimate of drug-likeness (QED) is 0.295. The van der Waals surface area contributed by atoms with Crippen molar-refractivity contribution in [2.75, 3.05) is 40.3 Å². The maximum Gasteiger partial charge on any atom is 0.191 e. The van der Waals surface area contributed by atoms with Crippen LogP contribution in [0.25, 0.3) is 0 Å². The monoisotopic (exact) mass is 462 g/mol. The summed E-state index contributed by atoms with van der Waals surface area (Å²) in [6.45, 7) is 6.57. The van der Waals surface area contributed by atoms with Gasteiger partial charge >= 0.3 is 0 Å². The molecule has 1 aromatic rings. The van der Waals surface area contributed by atoms with Gasteiger partial charge in [0.2, 0.25) is 0 Å². The van der Waals surface area contributed by atoms with Gasteiger partial charge < -0.3 is 15.5 Å². The molecule has 2 unspecified atom stereocenters. The molecule has 1 aliphatic rings. The molecule has 1 aliphatic heterocycles. The number of nitrogens with zero attached hydrogens (tertiary/aromatic N) is 2. The Morgan fingerprint density at radius 1 is 1.33 bits per heavy atom. The lowest BCUT2D eigenvalue weighted by molar-refractivity contribution is 0.210. The molecule has 0 saturated carbocycles. The van der Waals surface area contributed by atoms with Gasteiger partial charge in [0.05, 0.1) is 0 Å². The van der Waals surface area contributed by atoms with E-state index in [0.717, 1.165) is 25.0 Å². The molecule has 2 rings (SSSR count). The first-order chi connectivity index (χ1) is 11.2. The summed E-state index contributed by atoms with van der Waals surface area (Å²) in [5.41, 5.74) is 0. The molecule has 0 radical (unpaired) electrons. The van der Waals surface area contributed by atoms with Crippen molar-refractivity contribution in [3.63, 3.8) is 0 Å². The molecule has 1 heterocycles. The molecular weight excluding hydrogens is 431 g/mol. The van der Waals surface area contributed by atoms with Crippen LogP contribution in [0.4, 0.5) is 0 Å². The number of benzene rings is 1. The molecule has 24 heavy (non-hydrogen) atoms. The lowest BCUT2D eigenvalue weighted by Gasteiger charge is -2.30. The maximum absolute atomic E-state index is 4.34. The van der Waals surface area contributed by atoms with Crippen LogP contribution >= 0.6 is 35.7 Å². The fourth-order valence-corrected chi connectivity index (χ4v) is 3.86. The zero-order chi connectivity index (χ0) is 16.5. The second-order valence-electron chi connectivity index (χ2n) is 6.35. The van der Waals surface area contributed by atoms with Crippen molar-refractivity contribution in [3.8, 4) is 0 Å². The van der Waals surface area contributed by atoms with Gasteiger partial charge in [-0.15, -0.1) is 35.7 Å². The Balaban J connectivity index is 0.00000288. The number of nitrogens with one attached hydrogen (secondary N) is 2. The highest BCUT2D eigenvalue weighted by atomic mass is 127. The predicted octanol–water partition coefficient (Wildman–Crippen LogP) is 3.29. The summed E-state index contributed by atoms with van der Waals surface area (Å²) < 4.78 is 0. The minimum atomic E-state index is 0. The Morgan fingerprint density at radius 3 is 2.75 bits per heavy atom. The molecule has 4 nitrogen and oxygen atoms in total. The van der Waals surface area contributed by atoms with Crippen molar-refractivity contribution in [1.82, 2.24) is 15.5 Å². The van der Waals surface area contributed by atoms with E-state index in [1.165, 1.54) is 30.8 Å². The van der Waals surface area contributed by atoms with Crippen LogP contribution in [0.15, 0.2) is 40.2 Å². The van der Waals surface area contributed by atoms with Crippen molar-refractivity contribution in [1.29, 1.82) is 0 Å². The van der Waals surface area contributed by atoms with E-state index in [9.17, 15) is 0 Å². The van der Waals surface area contributed by atoms with Crippen molar-refractivity contribution < 1.29 is 0 Å². The number of guanidine groups is 1. The van der Waals surface area contributed by atoms with Gasteiger partial charge in [0.1, 0.15) is 0 Å². The largest absolute Gasteiger partial charge is 0.356 e. The smallest absolute Gasteiger partial charge is 0.191 e. The second-order valence-corrected chi connectivity index (χ2v) is 7.86. The zero-order valence-electron chi connectivity index (χ0n) is 15.0. The first-order valence-electron chi connectivity index (χ1n) is 8.52. The number of hydrogen-bond donors (Lipinski definition) is 2. The van der Waals surface area contributed by atoms with E-state index in [4.69, 9.17) is 0 Å². The molecule has 0 bridgehead atoms. The standard InChI is InChI=1S/C18H30N4S.HI/c1-15(23-17-9-5-4-6-10-17)12-20-18(19-2)21-13-16-8-7-11-22(3)14-16;/h4-6,9-10,15-16H,7-8,11-14H2,1-3H3,(H2,19,20,21);1H. The Bertz CT molecular complexity index is 483. The average Bonchev–Trinajstić information content (AvgIpc) is 2.56. The van der Waals surface area contributed by atoms with Gasteiger partial charge in [-0.05, 0) is 44.5 Å². The summed E-state index contributed by atoms with van der Waals surface area (Å²) >= 11 is 1.89. The van der Waals surface area contributed by atoms with E-state index >= 15 is 0 Å². The van der Waals surface area contributed by atoms with Crippen LogP contribution in [0, 0.1) is 5.92 Å². The van der Waals surface area contributed by atoms with E-state index in [1.807, 2.05) is 18.8 Å². The van der Waals surface area contributed by atoms with Gasteiger partial charge in [-0.3, -0.25) is 4.99 Å². The normalized spacial score (nSPS) is 20.1. The minimum Gasteiger partial charge on any atom is -0.356 e. The number of rotatable bonds is 6. The molecule has 0 aromatic heterocycles. The highest BCUT2D eigenvalue weighted by molar-refractivity contribution is 14.0. The lowest BCUT2D eigenvalue weighted by Crippen LogP contribution is -2.44. The third-order valence-electron chi connectivity index (χ3n) is 4.14. The molecule has 1 saturated heterocycles. The summed E-state index contributed by atoms with van der Waals surface area (Å²) in [6, 6.07) is 10.6. The van der Waals surface area contributed by atoms with Gasteiger partial charge in [0.15, 0.2) is 5.96 Å². The maximum atomic E-state index is 4.34. The molecule has 1 aromatic carbocycles. The third-order valence-corrected chi connectivity index (χ3v) is 5.25. The van der Waals surface area contributed by atoms with Crippen molar-refractivity contribution in [2.24, 2.45) is 10.9 Å². The number of likely N-dealkylation sites (tertiary alicyclic amines) is 1. The molecule has 0 amide bonds. The van der Waals surface area contributed by atoms with Gasteiger partial charge in [-0.25, -0.2) is 0 Å². The summed E-state index contributed by atoms with van der Waals surface area (Å²) in [6.07, 6.45) is 2.62. The molecule has 0 spiro atoms. The molecule has 0 aliphatic carbocycles. The topological polar surface area (TPSA) is 39.7 Å². The summed E-state index contributed by atoms with van der Waals surface area (Å²) in [5.74, 6) is 1.64. The Morgan fingerprint density at radius 2 is 2.08 bits per heavy atom. The Hall–Kier alpha value is -0.470.